The second-order valence-electron chi connectivity index (χ2n) is 3.04. The molecule has 0 spiro atoms. The van der Waals surface area contributed by atoms with Crippen LogP contribution in [0.5, 0.6) is 0 Å². The minimum Gasteiger partial charge on any atom is -0.324 e. The summed E-state index contributed by atoms with van der Waals surface area (Å²) in [5, 5.41) is 0. The van der Waals surface area contributed by atoms with Crippen molar-refractivity contribution in [2.75, 3.05) is 19.5 Å². The van der Waals surface area contributed by atoms with Crippen LogP contribution in [0.15, 0.2) is 24.3 Å². The van der Waals surface area contributed by atoms with Crippen LogP contribution in [0.25, 0.3) is 0 Å². The normalized spacial score (nSPS) is 9.54. The summed E-state index contributed by atoms with van der Waals surface area (Å²) in [6.45, 7) is 0.903. The monoisotopic (exact) mass is 201 g/mol. The number of halogens is 1. The highest BCUT2D eigenvalue weighted by atomic mass is 35.5. The Bertz CT molecular complexity index is 250. The molecule has 1 rings (SSSR count). The van der Waals surface area contributed by atoms with Crippen LogP contribution in [0.1, 0.15) is 5.56 Å². The van der Waals surface area contributed by atoms with Crippen LogP contribution in [0, 0.1) is 0 Å². The van der Waals surface area contributed by atoms with Gasteiger partial charge in [0.2, 0.25) is 0 Å². The summed E-state index contributed by atoms with van der Waals surface area (Å²) >= 11 is 0. The van der Waals surface area contributed by atoms with Gasteiger partial charge >= 0.3 is 0 Å². The molecule has 0 unspecified atom stereocenters. The minimum absolute atomic E-state index is 0. The molecule has 0 bridgehead atoms. The van der Waals surface area contributed by atoms with Gasteiger partial charge in [-0.25, -0.2) is 0 Å². The van der Waals surface area contributed by atoms with Crippen molar-refractivity contribution in [3.63, 3.8) is 0 Å². The average Bonchev–Trinajstić information content (AvgIpc) is 2.04. The third-order valence-corrected chi connectivity index (χ3v) is 1.66. The van der Waals surface area contributed by atoms with E-state index in [9.17, 15) is 0 Å². The van der Waals surface area contributed by atoms with E-state index in [0.29, 0.717) is 0 Å². The van der Waals surface area contributed by atoms with Crippen molar-refractivity contribution in [2.45, 2.75) is 6.54 Å². The Balaban J connectivity index is 0.00000144. The van der Waals surface area contributed by atoms with Crippen LogP contribution < -0.4 is 11.3 Å². The van der Waals surface area contributed by atoms with Crippen molar-refractivity contribution < 1.29 is 0 Å². The molecule has 0 radical (unpaired) electrons. The maximum atomic E-state index is 5.36. The molecule has 1 aromatic rings. The lowest BCUT2D eigenvalue weighted by Gasteiger charge is -2.13. The molecule has 0 heterocycles. The number of hydrogen-bond acceptors (Lipinski definition) is 3. The fourth-order valence-corrected chi connectivity index (χ4v) is 1.14. The molecule has 0 atom stereocenters. The molecule has 13 heavy (non-hydrogen) atoms. The molecular formula is C9H16ClN3. The van der Waals surface area contributed by atoms with Crippen LogP contribution in [0.2, 0.25) is 0 Å². The predicted octanol–water partition coefficient (Wildman–Crippen LogP) is 1.46. The maximum Gasteiger partial charge on any atom is 0.0530 e. The number of nitrogens with one attached hydrogen (secondary N) is 1. The summed E-state index contributed by atoms with van der Waals surface area (Å²) < 4.78 is 0. The van der Waals surface area contributed by atoms with E-state index in [0.717, 1.165) is 12.2 Å². The minimum atomic E-state index is 0. The molecule has 0 fully saturated rings. The lowest BCUT2D eigenvalue weighted by Crippen LogP contribution is -2.15. The lowest BCUT2D eigenvalue weighted by molar-refractivity contribution is 0.403. The first-order chi connectivity index (χ1) is 5.74. The van der Waals surface area contributed by atoms with E-state index in [1.807, 2.05) is 32.3 Å². The SMILES string of the molecule is CN(C)Cc1ccccc1NN.Cl. The molecule has 0 saturated heterocycles. The van der Waals surface area contributed by atoms with Gasteiger partial charge in [-0.2, -0.15) is 0 Å². The molecule has 0 aliphatic carbocycles. The topological polar surface area (TPSA) is 41.3 Å². The lowest BCUT2D eigenvalue weighted by atomic mass is 10.2. The molecule has 4 heteroatoms. The van der Waals surface area contributed by atoms with Crippen LogP contribution in [-0.2, 0) is 6.54 Å². The van der Waals surface area contributed by atoms with Gasteiger partial charge in [0, 0.05) is 6.54 Å². The average molecular weight is 202 g/mol. The summed E-state index contributed by atoms with van der Waals surface area (Å²) in [5.41, 5.74) is 4.88. The number of nitrogens with zero attached hydrogens (tertiary/aromatic N) is 1. The maximum absolute atomic E-state index is 5.36. The zero-order chi connectivity index (χ0) is 8.97. The number of rotatable bonds is 3. The number of anilines is 1. The first-order valence-electron chi connectivity index (χ1n) is 3.93. The van der Waals surface area contributed by atoms with Crippen molar-refractivity contribution in [1.29, 1.82) is 0 Å². The number of hydrazine groups is 1. The van der Waals surface area contributed by atoms with Gasteiger partial charge < -0.3 is 10.3 Å². The summed E-state index contributed by atoms with van der Waals surface area (Å²) in [6.07, 6.45) is 0. The zero-order valence-corrected chi connectivity index (χ0v) is 8.77. The van der Waals surface area contributed by atoms with E-state index < -0.39 is 0 Å². The molecule has 1 aromatic carbocycles. The molecule has 0 aliphatic heterocycles. The molecule has 0 aliphatic rings. The molecule has 0 aromatic heterocycles. The second-order valence-corrected chi connectivity index (χ2v) is 3.04. The van der Waals surface area contributed by atoms with Crippen LogP contribution in [0.4, 0.5) is 5.69 Å². The Labute approximate surface area is 85.3 Å². The van der Waals surface area contributed by atoms with Gasteiger partial charge in [-0.15, -0.1) is 12.4 Å². The Morgan fingerprint density at radius 3 is 2.46 bits per heavy atom. The molecule has 3 nitrogen and oxygen atoms in total. The Morgan fingerprint density at radius 1 is 1.31 bits per heavy atom. The van der Waals surface area contributed by atoms with Crippen LogP contribution in [0.3, 0.4) is 0 Å². The van der Waals surface area contributed by atoms with Gasteiger partial charge in [0.25, 0.3) is 0 Å². The Kier molecular flexibility index (Phi) is 5.46. The van der Waals surface area contributed by atoms with Crippen molar-refractivity contribution in [3.05, 3.63) is 29.8 Å². The van der Waals surface area contributed by atoms with Crippen LogP contribution in [-0.4, -0.2) is 19.0 Å². The quantitative estimate of drug-likeness (QED) is 0.575. The third-order valence-electron chi connectivity index (χ3n) is 1.66. The second kappa shape index (κ2) is 5.80. The van der Waals surface area contributed by atoms with Gasteiger partial charge in [0.1, 0.15) is 0 Å². The van der Waals surface area contributed by atoms with Crippen molar-refractivity contribution in [2.24, 2.45) is 5.84 Å². The van der Waals surface area contributed by atoms with Gasteiger partial charge in [0.05, 0.1) is 5.69 Å². The van der Waals surface area contributed by atoms with Gasteiger partial charge in [-0.05, 0) is 25.7 Å². The highest BCUT2D eigenvalue weighted by molar-refractivity contribution is 5.85. The van der Waals surface area contributed by atoms with Gasteiger partial charge in [-0.3, -0.25) is 5.84 Å². The van der Waals surface area contributed by atoms with Crippen molar-refractivity contribution >= 4 is 18.1 Å². The van der Waals surface area contributed by atoms with Crippen molar-refractivity contribution in [3.8, 4) is 0 Å². The third kappa shape index (κ3) is 3.63. The van der Waals surface area contributed by atoms with Crippen LogP contribution >= 0.6 is 12.4 Å². The number of nitrogen functional groups attached to an aromatic ring is 1. The van der Waals surface area contributed by atoms with Gasteiger partial charge in [-0.1, -0.05) is 18.2 Å². The summed E-state index contributed by atoms with van der Waals surface area (Å²) in [4.78, 5) is 2.11. The fraction of sp³-hybridized carbons (Fsp3) is 0.333. The molecule has 3 N–H and O–H groups in total. The standard InChI is InChI=1S/C9H15N3.ClH/c1-12(2)7-8-5-3-4-6-9(8)11-10;/h3-6,11H,7,10H2,1-2H3;1H. The van der Waals surface area contributed by atoms with Gasteiger partial charge in [0.15, 0.2) is 0 Å². The van der Waals surface area contributed by atoms with Crippen molar-refractivity contribution in [1.82, 2.24) is 4.90 Å². The number of nitrogens with two attached hydrogens (primary N) is 1. The summed E-state index contributed by atoms with van der Waals surface area (Å²) in [7, 11) is 4.07. The highest BCUT2D eigenvalue weighted by Gasteiger charge is 1.99. The number of benzene rings is 1. The largest absolute Gasteiger partial charge is 0.324 e. The highest BCUT2D eigenvalue weighted by Crippen LogP contribution is 2.14. The smallest absolute Gasteiger partial charge is 0.0530 e. The summed E-state index contributed by atoms with van der Waals surface area (Å²) in [6, 6.07) is 8.02. The van der Waals surface area contributed by atoms with E-state index >= 15 is 0 Å². The fourth-order valence-electron chi connectivity index (χ4n) is 1.14. The zero-order valence-electron chi connectivity index (χ0n) is 7.95. The molecular weight excluding hydrogens is 186 g/mol. The Morgan fingerprint density at radius 2 is 1.92 bits per heavy atom. The van der Waals surface area contributed by atoms with E-state index in [-0.39, 0.29) is 12.4 Å². The molecule has 0 amide bonds. The Hall–Kier alpha value is -0.770. The van der Waals surface area contributed by atoms with E-state index in [4.69, 9.17) is 5.84 Å². The number of hydrogen-bond donors (Lipinski definition) is 2. The first-order valence-corrected chi connectivity index (χ1v) is 3.93. The number of para-hydroxylation sites is 1. The molecule has 0 saturated carbocycles. The van der Waals surface area contributed by atoms with E-state index in [2.05, 4.69) is 16.4 Å². The molecule has 74 valence electrons. The van der Waals surface area contributed by atoms with E-state index in [1.165, 1.54) is 5.56 Å². The predicted molar refractivity (Wildman–Crippen MR) is 58.9 cm³/mol. The first kappa shape index (κ1) is 12.2. The van der Waals surface area contributed by atoms with E-state index in [1.54, 1.807) is 0 Å². The summed E-state index contributed by atoms with van der Waals surface area (Å²) in [5.74, 6) is 5.36.